The Labute approximate surface area is 69.4 Å². The van der Waals surface area contributed by atoms with Crippen molar-refractivity contribution in [2.75, 3.05) is 0 Å². The van der Waals surface area contributed by atoms with Crippen LogP contribution < -0.4 is 0 Å². The molecule has 0 aliphatic carbocycles. The predicted molar refractivity (Wildman–Crippen MR) is 42.0 cm³/mol. The topological polar surface area (TPSA) is 0 Å². The summed E-state index contributed by atoms with van der Waals surface area (Å²) in [7, 11) is 0. The summed E-state index contributed by atoms with van der Waals surface area (Å²) in [5.41, 5.74) is 2.95. The van der Waals surface area contributed by atoms with Crippen LogP contribution in [0.2, 0.25) is 0 Å². The van der Waals surface area contributed by atoms with Gasteiger partial charge in [-0.2, -0.15) is 0 Å². The molecule has 0 amide bonds. The second-order valence-corrected chi connectivity index (χ2v) is 3.30. The molecular formula is C8H10Sn. The summed E-state index contributed by atoms with van der Waals surface area (Å²) in [6.07, 6.45) is 0. The second kappa shape index (κ2) is 3.25. The van der Waals surface area contributed by atoms with Gasteiger partial charge in [-0.3, -0.25) is 0 Å². The van der Waals surface area contributed by atoms with E-state index in [1.54, 1.807) is 0 Å². The molecule has 1 aromatic rings. The van der Waals surface area contributed by atoms with Crippen LogP contribution in [0.3, 0.4) is 0 Å². The van der Waals surface area contributed by atoms with Gasteiger partial charge < -0.3 is 0 Å². The van der Waals surface area contributed by atoms with Crippen molar-refractivity contribution < 1.29 is 0 Å². The van der Waals surface area contributed by atoms with Crippen molar-refractivity contribution in [2.45, 2.75) is 11.4 Å². The van der Waals surface area contributed by atoms with E-state index in [4.69, 9.17) is 0 Å². The Hall–Kier alpha value is 0.0187. The Morgan fingerprint density at radius 3 is 2.44 bits per heavy atom. The summed E-state index contributed by atoms with van der Waals surface area (Å²) in [4.78, 5) is 0. The van der Waals surface area contributed by atoms with Gasteiger partial charge in [0.25, 0.3) is 0 Å². The van der Waals surface area contributed by atoms with E-state index in [1.807, 2.05) is 0 Å². The predicted octanol–water partition coefficient (Wildman–Crippen LogP) is 1.40. The molecule has 46 valence electrons. The molecule has 0 unspecified atom stereocenters. The molecule has 0 aromatic heterocycles. The van der Waals surface area contributed by atoms with E-state index in [1.165, 1.54) is 38.1 Å². The van der Waals surface area contributed by atoms with Gasteiger partial charge in [0.15, 0.2) is 0 Å². The van der Waals surface area contributed by atoms with Crippen LogP contribution in [-0.2, 0) is 4.44 Å². The molecule has 0 aliphatic rings. The van der Waals surface area contributed by atoms with Crippen LogP contribution in [0.1, 0.15) is 11.1 Å². The third-order valence-corrected chi connectivity index (χ3v) is 2.74. The van der Waals surface area contributed by atoms with Crippen molar-refractivity contribution in [3.05, 3.63) is 35.4 Å². The van der Waals surface area contributed by atoms with Gasteiger partial charge in [-0.05, 0) is 0 Å². The average Bonchev–Trinajstić information content (AvgIpc) is 1.89. The summed E-state index contributed by atoms with van der Waals surface area (Å²) in [5.74, 6) is 0. The normalized spacial score (nSPS) is 9.56. The SMILES string of the molecule is Cc1ccccc1[CH2][SnH]. The Morgan fingerprint density at radius 2 is 2.00 bits per heavy atom. The van der Waals surface area contributed by atoms with Gasteiger partial charge in [0, 0.05) is 0 Å². The van der Waals surface area contributed by atoms with E-state index in [-0.39, 0.29) is 0 Å². The van der Waals surface area contributed by atoms with Crippen molar-refractivity contribution in [1.82, 2.24) is 0 Å². The van der Waals surface area contributed by atoms with Crippen LogP contribution in [0.25, 0.3) is 0 Å². The zero-order valence-corrected chi connectivity index (χ0v) is 8.89. The molecule has 1 rings (SSSR count). The molecule has 0 spiro atoms. The molecule has 0 heterocycles. The van der Waals surface area contributed by atoms with E-state index in [0.717, 1.165) is 0 Å². The fourth-order valence-electron chi connectivity index (χ4n) is 0.839. The van der Waals surface area contributed by atoms with Crippen LogP contribution in [0.4, 0.5) is 0 Å². The van der Waals surface area contributed by atoms with Crippen LogP contribution in [-0.4, -0.2) is 22.5 Å². The molecule has 0 saturated carbocycles. The molecule has 9 heavy (non-hydrogen) atoms. The monoisotopic (exact) mass is 226 g/mol. The Kier molecular flexibility index (Phi) is 2.58. The zero-order valence-electron chi connectivity index (χ0n) is 5.59. The quantitative estimate of drug-likeness (QED) is 0.633. The first-order valence-electron chi connectivity index (χ1n) is 3.09. The third kappa shape index (κ3) is 1.71. The molecule has 0 aliphatic heterocycles. The maximum atomic E-state index is 2.21. The number of rotatable bonds is 1. The summed E-state index contributed by atoms with van der Waals surface area (Å²) in [6, 6.07) is 8.58. The Bertz CT molecular complexity index is 194. The number of benzene rings is 1. The number of aryl methyl sites for hydroxylation is 1. The van der Waals surface area contributed by atoms with Gasteiger partial charge in [0.2, 0.25) is 0 Å². The molecule has 2 radical (unpaired) electrons. The van der Waals surface area contributed by atoms with Gasteiger partial charge in [-0.15, -0.1) is 0 Å². The molecule has 1 aromatic carbocycles. The molecule has 0 fully saturated rings. The fourth-order valence-corrected chi connectivity index (χ4v) is 2.15. The standard InChI is InChI=1S/C8H9.Sn.H/c1-7-5-3-4-6-8(7)2;;/h3-6H,1H2,2H3;;. The van der Waals surface area contributed by atoms with E-state index >= 15 is 0 Å². The van der Waals surface area contributed by atoms with Crippen LogP contribution in [0.5, 0.6) is 0 Å². The van der Waals surface area contributed by atoms with Gasteiger partial charge in [-0.25, -0.2) is 0 Å². The van der Waals surface area contributed by atoms with Crippen molar-refractivity contribution in [1.29, 1.82) is 0 Å². The molecule has 0 bridgehead atoms. The van der Waals surface area contributed by atoms with E-state index in [0.29, 0.717) is 0 Å². The zero-order chi connectivity index (χ0) is 6.69. The van der Waals surface area contributed by atoms with Crippen LogP contribution >= 0.6 is 0 Å². The van der Waals surface area contributed by atoms with E-state index in [2.05, 4.69) is 31.2 Å². The molecule has 0 saturated heterocycles. The van der Waals surface area contributed by atoms with Crippen molar-refractivity contribution in [2.24, 2.45) is 0 Å². The number of hydrogen-bond acceptors (Lipinski definition) is 0. The average molecular weight is 225 g/mol. The molecule has 0 nitrogen and oxygen atoms in total. The van der Waals surface area contributed by atoms with Gasteiger partial charge in [0.05, 0.1) is 0 Å². The Balaban J connectivity index is 3.01. The molecule has 0 atom stereocenters. The second-order valence-electron chi connectivity index (χ2n) is 2.13. The molecule has 0 N–H and O–H groups in total. The third-order valence-electron chi connectivity index (χ3n) is 1.48. The minimum absolute atomic E-state index is 1.28. The van der Waals surface area contributed by atoms with Gasteiger partial charge in [0.1, 0.15) is 0 Å². The summed E-state index contributed by atoms with van der Waals surface area (Å²) in [5, 5.41) is 0. The minimum atomic E-state index is 1.28. The number of hydrogen-bond donors (Lipinski definition) is 0. The van der Waals surface area contributed by atoms with Crippen molar-refractivity contribution >= 4 is 22.5 Å². The first-order valence-corrected chi connectivity index (χ1v) is 5.42. The van der Waals surface area contributed by atoms with E-state index in [9.17, 15) is 0 Å². The van der Waals surface area contributed by atoms with Crippen LogP contribution in [0.15, 0.2) is 24.3 Å². The van der Waals surface area contributed by atoms with Crippen molar-refractivity contribution in [3.63, 3.8) is 0 Å². The maximum absolute atomic E-state index is 2.21. The van der Waals surface area contributed by atoms with Crippen LogP contribution in [0, 0.1) is 6.92 Å². The molecule has 1 heteroatoms. The first kappa shape index (κ1) is 7.13. The first-order chi connectivity index (χ1) is 4.34. The van der Waals surface area contributed by atoms with E-state index < -0.39 is 0 Å². The molecular weight excluding hydrogens is 215 g/mol. The summed E-state index contributed by atoms with van der Waals surface area (Å²) in [6.45, 7) is 2.17. The van der Waals surface area contributed by atoms with Gasteiger partial charge >= 0.3 is 69.3 Å². The van der Waals surface area contributed by atoms with Crippen molar-refractivity contribution in [3.8, 4) is 0 Å². The Morgan fingerprint density at radius 1 is 1.33 bits per heavy atom. The fraction of sp³-hybridized carbons (Fsp3) is 0.250. The van der Waals surface area contributed by atoms with Gasteiger partial charge in [-0.1, -0.05) is 0 Å². The summed E-state index contributed by atoms with van der Waals surface area (Å²) < 4.78 is 1.28. The summed E-state index contributed by atoms with van der Waals surface area (Å²) >= 11 is 1.33.